The Labute approximate surface area is 208 Å². The van der Waals surface area contributed by atoms with Crippen LogP contribution in [0.15, 0.2) is 30.9 Å². The van der Waals surface area contributed by atoms with E-state index >= 15 is 0 Å². The monoisotopic (exact) mass is 475 g/mol. The number of hydrogen-bond donors (Lipinski definition) is 0. The molecule has 1 aliphatic heterocycles. The molecule has 2 fully saturated rings. The van der Waals surface area contributed by atoms with E-state index in [1.54, 1.807) is 0 Å². The number of rotatable bonds is 6. The topological polar surface area (TPSA) is 63.7 Å². The van der Waals surface area contributed by atoms with Crippen LogP contribution in [0.2, 0.25) is 0 Å². The summed E-state index contributed by atoms with van der Waals surface area (Å²) >= 11 is 0. The molecule has 2 amide bonds. The molecule has 0 bridgehead atoms. The molecule has 0 aromatic heterocycles. The molecule has 186 valence electrons. The van der Waals surface area contributed by atoms with Gasteiger partial charge in [0.05, 0.1) is 6.54 Å². The highest BCUT2D eigenvalue weighted by molar-refractivity contribution is 6.31. The summed E-state index contributed by atoms with van der Waals surface area (Å²) in [5.74, 6) is 0.651. The first-order valence-corrected chi connectivity index (χ1v) is 13.6. The average molecular weight is 476 g/mol. The van der Waals surface area contributed by atoms with Crippen molar-refractivity contribution in [2.45, 2.75) is 83.0 Å². The molecule has 5 nitrogen and oxygen atoms in total. The van der Waals surface area contributed by atoms with Crippen molar-refractivity contribution in [3.8, 4) is 0 Å². The Bertz CT molecular complexity index is 1060. The van der Waals surface area contributed by atoms with Crippen molar-refractivity contribution in [3.05, 3.63) is 53.1 Å². The number of nitrogens with zero attached hydrogens (tertiary/aromatic N) is 1. The second-order valence-corrected chi connectivity index (χ2v) is 10.8. The fourth-order valence-electron chi connectivity index (χ4n) is 7.16. The Morgan fingerprint density at radius 1 is 1.03 bits per heavy atom. The minimum atomic E-state index is -0.553. The molecule has 2 atom stereocenters. The molecule has 0 spiro atoms. The van der Waals surface area contributed by atoms with E-state index in [1.807, 2.05) is 6.07 Å². The maximum absolute atomic E-state index is 13.7. The molecule has 5 heteroatoms. The van der Waals surface area contributed by atoms with E-state index in [9.17, 15) is 14.4 Å². The highest BCUT2D eigenvalue weighted by Gasteiger charge is 2.44. The molecule has 5 rings (SSSR count). The van der Waals surface area contributed by atoms with E-state index in [0.717, 1.165) is 11.6 Å². The molecule has 4 aliphatic rings. The van der Waals surface area contributed by atoms with Crippen LogP contribution in [0.4, 0.5) is 0 Å². The fraction of sp³-hybridized carbons (Fsp3) is 0.567. The lowest BCUT2D eigenvalue weighted by atomic mass is 9.63. The predicted octanol–water partition coefficient (Wildman–Crippen LogP) is 6.14. The van der Waals surface area contributed by atoms with Crippen LogP contribution < -0.4 is 0 Å². The number of hydrogen-bond acceptors (Lipinski definition) is 4. The molecule has 0 saturated heterocycles. The number of benzene rings is 1. The summed E-state index contributed by atoms with van der Waals surface area (Å²) in [6, 6.07) is 4.17. The lowest BCUT2D eigenvalue weighted by Crippen LogP contribution is -2.45. The molecule has 1 heterocycles. The van der Waals surface area contributed by atoms with Gasteiger partial charge >= 0.3 is 5.97 Å². The third-order valence-electron chi connectivity index (χ3n) is 8.76. The van der Waals surface area contributed by atoms with Crippen molar-refractivity contribution in [3.63, 3.8) is 0 Å². The third kappa shape index (κ3) is 4.39. The van der Waals surface area contributed by atoms with Gasteiger partial charge in [0.15, 0.2) is 0 Å². The molecular formula is C30H37NO4. The Balaban J connectivity index is 1.58. The summed E-state index contributed by atoms with van der Waals surface area (Å²) in [6.45, 7) is 5.67. The van der Waals surface area contributed by atoms with Gasteiger partial charge in [-0.3, -0.25) is 14.5 Å². The van der Waals surface area contributed by atoms with Crippen LogP contribution in [0.1, 0.15) is 110 Å². The second-order valence-electron chi connectivity index (χ2n) is 10.8. The van der Waals surface area contributed by atoms with Crippen LogP contribution >= 0.6 is 0 Å². The van der Waals surface area contributed by atoms with Gasteiger partial charge in [0.1, 0.15) is 6.61 Å². The van der Waals surface area contributed by atoms with Gasteiger partial charge < -0.3 is 4.74 Å². The standard InChI is InChI=1S/C30H37NO4/c1-3-25(32)35-17-16-31-29(33)23-15-14-22(20-10-6-4-7-11-20)28-26(21-12-8-5-9-13-21)19(2)18-24(27(23)28)30(31)34/h3,14-15,18-21,26H,1,4-13,16-17H2,2H3. The molecule has 2 saturated carbocycles. The summed E-state index contributed by atoms with van der Waals surface area (Å²) in [5.41, 5.74) is 4.92. The molecular weight excluding hydrogens is 438 g/mol. The van der Waals surface area contributed by atoms with Crippen LogP contribution in [0.5, 0.6) is 0 Å². The summed E-state index contributed by atoms with van der Waals surface area (Å²) in [5, 5.41) is 0. The number of amides is 2. The third-order valence-corrected chi connectivity index (χ3v) is 8.76. The van der Waals surface area contributed by atoms with Gasteiger partial charge in [-0.15, -0.1) is 0 Å². The fourth-order valence-corrected chi connectivity index (χ4v) is 7.16. The minimum absolute atomic E-state index is 0.0295. The number of imide groups is 1. The van der Waals surface area contributed by atoms with Gasteiger partial charge in [0, 0.05) is 22.8 Å². The zero-order chi connectivity index (χ0) is 24.5. The van der Waals surface area contributed by atoms with E-state index in [-0.39, 0.29) is 30.9 Å². The van der Waals surface area contributed by atoms with Gasteiger partial charge in [0.2, 0.25) is 0 Å². The molecule has 3 aliphatic carbocycles. The molecule has 1 aromatic rings. The van der Waals surface area contributed by atoms with E-state index in [0.29, 0.717) is 28.9 Å². The highest BCUT2D eigenvalue weighted by Crippen LogP contribution is 2.52. The van der Waals surface area contributed by atoms with Crippen molar-refractivity contribution >= 4 is 23.4 Å². The number of ether oxygens (including phenoxy) is 1. The first-order valence-electron chi connectivity index (χ1n) is 13.6. The van der Waals surface area contributed by atoms with Crippen LogP contribution in [-0.4, -0.2) is 35.8 Å². The Hall–Kier alpha value is -2.69. The van der Waals surface area contributed by atoms with Crippen molar-refractivity contribution in [1.29, 1.82) is 0 Å². The summed E-state index contributed by atoms with van der Waals surface area (Å²) in [4.78, 5) is 40.0. The maximum Gasteiger partial charge on any atom is 0.330 e. The first kappa shape index (κ1) is 24.0. The van der Waals surface area contributed by atoms with Crippen LogP contribution in [0, 0.1) is 11.8 Å². The normalized spacial score (nSPS) is 25.2. The van der Waals surface area contributed by atoms with Gasteiger partial charge in [0.25, 0.3) is 11.8 Å². The number of esters is 1. The summed E-state index contributed by atoms with van der Waals surface area (Å²) < 4.78 is 5.08. The predicted molar refractivity (Wildman–Crippen MR) is 136 cm³/mol. The molecule has 0 N–H and O–H groups in total. The molecule has 0 radical (unpaired) electrons. The van der Waals surface area contributed by atoms with Crippen LogP contribution in [-0.2, 0) is 14.3 Å². The van der Waals surface area contributed by atoms with Crippen LogP contribution in [0.3, 0.4) is 0 Å². The number of allylic oxidation sites excluding steroid dienone is 1. The first-order chi connectivity index (χ1) is 17.0. The highest BCUT2D eigenvalue weighted by atomic mass is 16.5. The van der Waals surface area contributed by atoms with Crippen molar-refractivity contribution < 1.29 is 19.1 Å². The Morgan fingerprint density at radius 3 is 2.40 bits per heavy atom. The quantitative estimate of drug-likeness (QED) is 0.281. The van der Waals surface area contributed by atoms with Crippen molar-refractivity contribution in [2.24, 2.45) is 11.8 Å². The van der Waals surface area contributed by atoms with E-state index in [1.165, 1.54) is 80.2 Å². The van der Waals surface area contributed by atoms with Gasteiger partial charge in [-0.05, 0) is 66.5 Å². The SMILES string of the molecule is C=CC(=O)OCCN1C(=O)C2=CC(C)C(C3CCCCC3)c3c(C4CCCCC4)ccc(c32)C1=O. The number of carbonyl (C=O) groups excluding carboxylic acids is 3. The van der Waals surface area contributed by atoms with Gasteiger partial charge in [-0.1, -0.05) is 64.2 Å². The Morgan fingerprint density at radius 2 is 1.71 bits per heavy atom. The Kier molecular flexibility index (Phi) is 6.95. The zero-order valence-corrected chi connectivity index (χ0v) is 20.9. The molecule has 35 heavy (non-hydrogen) atoms. The van der Waals surface area contributed by atoms with Crippen molar-refractivity contribution in [2.75, 3.05) is 13.2 Å². The van der Waals surface area contributed by atoms with E-state index in [2.05, 4.69) is 25.6 Å². The van der Waals surface area contributed by atoms with Crippen LogP contribution in [0.25, 0.3) is 5.57 Å². The largest absolute Gasteiger partial charge is 0.461 e. The maximum atomic E-state index is 13.7. The van der Waals surface area contributed by atoms with E-state index in [4.69, 9.17) is 4.74 Å². The minimum Gasteiger partial charge on any atom is -0.461 e. The zero-order valence-electron chi connectivity index (χ0n) is 20.9. The van der Waals surface area contributed by atoms with Gasteiger partial charge in [-0.2, -0.15) is 0 Å². The average Bonchev–Trinajstić information content (AvgIpc) is 2.89. The lowest BCUT2D eigenvalue weighted by molar-refractivity contribution is -0.139. The summed E-state index contributed by atoms with van der Waals surface area (Å²) in [6.07, 6.45) is 15.7. The molecule has 1 aromatic carbocycles. The lowest BCUT2D eigenvalue weighted by Gasteiger charge is -2.43. The van der Waals surface area contributed by atoms with E-state index < -0.39 is 5.97 Å². The summed E-state index contributed by atoms with van der Waals surface area (Å²) in [7, 11) is 0. The van der Waals surface area contributed by atoms with Gasteiger partial charge in [-0.25, -0.2) is 4.79 Å². The smallest absolute Gasteiger partial charge is 0.330 e. The second kappa shape index (κ2) is 10.1. The van der Waals surface area contributed by atoms with Crippen molar-refractivity contribution in [1.82, 2.24) is 4.90 Å². The number of carbonyl (C=O) groups is 3. The molecule has 2 unspecified atom stereocenters.